The van der Waals surface area contributed by atoms with E-state index in [0.717, 1.165) is 23.9 Å². The molecular formula is C16H14F3N3O3. The van der Waals surface area contributed by atoms with Gasteiger partial charge in [-0.05, 0) is 31.2 Å². The fraction of sp³-hybridized carbons (Fsp3) is 0.188. The van der Waals surface area contributed by atoms with Crippen LogP contribution in [0.3, 0.4) is 0 Å². The number of halogens is 3. The molecule has 0 saturated carbocycles. The minimum absolute atomic E-state index is 0.0451. The quantitative estimate of drug-likeness (QED) is 0.809. The predicted octanol–water partition coefficient (Wildman–Crippen LogP) is 2.39. The van der Waals surface area contributed by atoms with Crippen molar-refractivity contribution in [2.75, 3.05) is 5.32 Å². The van der Waals surface area contributed by atoms with Crippen molar-refractivity contribution >= 4 is 17.5 Å². The molecule has 2 N–H and O–H groups in total. The van der Waals surface area contributed by atoms with E-state index < -0.39 is 30.0 Å². The van der Waals surface area contributed by atoms with Crippen molar-refractivity contribution in [1.82, 2.24) is 10.3 Å². The highest BCUT2D eigenvalue weighted by Gasteiger charge is 2.16. The highest BCUT2D eigenvalue weighted by atomic mass is 19.3. The molecule has 0 atom stereocenters. The number of pyridine rings is 1. The van der Waals surface area contributed by atoms with Gasteiger partial charge in [-0.15, -0.1) is 0 Å². The van der Waals surface area contributed by atoms with E-state index in [-0.39, 0.29) is 12.2 Å². The molecule has 0 radical (unpaired) electrons. The third kappa shape index (κ3) is 5.48. The van der Waals surface area contributed by atoms with Gasteiger partial charge in [0.25, 0.3) is 0 Å². The van der Waals surface area contributed by atoms with Crippen LogP contribution in [0.25, 0.3) is 0 Å². The van der Waals surface area contributed by atoms with E-state index in [0.29, 0.717) is 5.69 Å². The number of rotatable bonds is 5. The van der Waals surface area contributed by atoms with Gasteiger partial charge in [0.05, 0.1) is 12.2 Å². The summed E-state index contributed by atoms with van der Waals surface area (Å²) < 4.78 is 41.6. The van der Waals surface area contributed by atoms with Gasteiger partial charge in [0.15, 0.2) is 11.6 Å². The highest BCUT2D eigenvalue weighted by molar-refractivity contribution is 6.39. The number of carbonyl (C=O) groups is 2. The van der Waals surface area contributed by atoms with Crippen LogP contribution in [-0.4, -0.2) is 23.4 Å². The standard InChI is InChI=1S/C16H14F3N3O3/c1-9-3-2-4-11(21-9)8-20-14(23)15(24)22-10-5-6-13(12(17)7-10)25-16(18)19/h2-7,16H,8H2,1H3,(H,20,23)(H,22,24). The molecule has 25 heavy (non-hydrogen) atoms. The lowest BCUT2D eigenvalue weighted by molar-refractivity contribution is -0.136. The molecule has 2 rings (SSSR count). The minimum Gasteiger partial charge on any atom is -0.432 e. The molecule has 2 amide bonds. The second-order valence-electron chi connectivity index (χ2n) is 4.93. The number of nitrogens with one attached hydrogen (secondary N) is 2. The van der Waals surface area contributed by atoms with Crippen LogP contribution in [0.5, 0.6) is 5.75 Å². The van der Waals surface area contributed by atoms with Crippen LogP contribution < -0.4 is 15.4 Å². The Morgan fingerprint density at radius 2 is 1.96 bits per heavy atom. The van der Waals surface area contributed by atoms with Crippen LogP contribution in [0.2, 0.25) is 0 Å². The molecule has 1 aromatic carbocycles. The summed E-state index contributed by atoms with van der Waals surface area (Å²) in [5.74, 6) is -3.74. The zero-order valence-corrected chi connectivity index (χ0v) is 13.1. The smallest absolute Gasteiger partial charge is 0.387 e. The zero-order valence-electron chi connectivity index (χ0n) is 13.1. The summed E-state index contributed by atoms with van der Waals surface area (Å²) in [6.45, 7) is -1.34. The Morgan fingerprint density at radius 3 is 2.60 bits per heavy atom. The highest BCUT2D eigenvalue weighted by Crippen LogP contribution is 2.22. The van der Waals surface area contributed by atoms with Crippen LogP contribution >= 0.6 is 0 Å². The summed E-state index contributed by atoms with van der Waals surface area (Å²) in [7, 11) is 0. The summed E-state index contributed by atoms with van der Waals surface area (Å²) in [4.78, 5) is 27.7. The molecule has 0 saturated heterocycles. The molecule has 0 bridgehead atoms. The van der Waals surface area contributed by atoms with Crippen molar-refractivity contribution in [2.45, 2.75) is 20.1 Å². The van der Waals surface area contributed by atoms with Gasteiger partial charge in [-0.25, -0.2) is 4.39 Å². The van der Waals surface area contributed by atoms with Crippen molar-refractivity contribution in [1.29, 1.82) is 0 Å². The first-order valence-electron chi connectivity index (χ1n) is 7.11. The Balaban J connectivity index is 1.92. The molecule has 6 nitrogen and oxygen atoms in total. The minimum atomic E-state index is -3.17. The molecule has 0 aliphatic heterocycles. The lowest BCUT2D eigenvalue weighted by atomic mass is 10.3. The van der Waals surface area contributed by atoms with Gasteiger partial charge < -0.3 is 15.4 Å². The lowest BCUT2D eigenvalue weighted by Crippen LogP contribution is -2.35. The van der Waals surface area contributed by atoms with E-state index in [1.807, 2.05) is 0 Å². The number of amides is 2. The van der Waals surface area contributed by atoms with E-state index in [1.165, 1.54) is 0 Å². The maximum atomic E-state index is 13.6. The zero-order chi connectivity index (χ0) is 18.4. The Labute approximate surface area is 141 Å². The van der Waals surface area contributed by atoms with Gasteiger partial charge in [0.1, 0.15) is 0 Å². The van der Waals surface area contributed by atoms with E-state index in [2.05, 4.69) is 20.4 Å². The van der Waals surface area contributed by atoms with Crippen molar-refractivity contribution < 1.29 is 27.5 Å². The normalized spacial score (nSPS) is 10.4. The third-order valence-corrected chi connectivity index (χ3v) is 2.99. The van der Waals surface area contributed by atoms with E-state index in [1.54, 1.807) is 25.1 Å². The van der Waals surface area contributed by atoms with Crippen molar-refractivity contribution in [3.8, 4) is 5.75 Å². The molecule has 0 aliphatic carbocycles. The van der Waals surface area contributed by atoms with Crippen LogP contribution in [0, 0.1) is 12.7 Å². The van der Waals surface area contributed by atoms with Crippen LogP contribution in [-0.2, 0) is 16.1 Å². The van der Waals surface area contributed by atoms with Crippen LogP contribution in [0.1, 0.15) is 11.4 Å². The molecule has 0 aliphatic rings. The van der Waals surface area contributed by atoms with Gasteiger partial charge in [-0.3, -0.25) is 14.6 Å². The molecule has 2 aromatic rings. The number of hydrogen-bond acceptors (Lipinski definition) is 4. The Morgan fingerprint density at radius 1 is 1.20 bits per heavy atom. The Bertz CT molecular complexity index is 784. The fourth-order valence-corrected chi connectivity index (χ4v) is 1.91. The SMILES string of the molecule is Cc1cccc(CNC(=O)C(=O)Nc2ccc(OC(F)F)c(F)c2)n1. The number of benzene rings is 1. The Kier molecular flexibility index (Phi) is 5.93. The lowest BCUT2D eigenvalue weighted by Gasteiger charge is -2.09. The summed E-state index contributed by atoms with van der Waals surface area (Å²) >= 11 is 0. The summed E-state index contributed by atoms with van der Waals surface area (Å²) in [5, 5.41) is 4.52. The van der Waals surface area contributed by atoms with Gasteiger partial charge in [0.2, 0.25) is 0 Å². The van der Waals surface area contributed by atoms with Gasteiger partial charge in [0, 0.05) is 17.4 Å². The second-order valence-corrected chi connectivity index (χ2v) is 4.93. The van der Waals surface area contributed by atoms with Gasteiger partial charge in [-0.2, -0.15) is 8.78 Å². The van der Waals surface area contributed by atoms with E-state index in [9.17, 15) is 22.8 Å². The van der Waals surface area contributed by atoms with Crippen molar-refractivity contribution in [3.63, 3.8) is 0 Å². The van der Waals surface area contributed by atoms with Crippen LogP contribution in [0.15, 0.2) is 36.4 Å². The number of aryl methyl sites for hydroxylation is 1. The summed E-state index contributed by atoms with van der Waals surface area (Å²) in [5.41, 5.74) is 1.26. The number of anilines is 1. The number of aromatic nitrogens is 1. The first-order valence-corrected chi connectivity index (χ1v) is 7.11. The largest absolute Gasteiger partial charge is 0.432 e. The fourth-order valence-electron chi connectivity index (χ4n) is 1.91. The van der Waals surface area contributed by atoms with Crippen LogP contribution in [0.4, 0.5) is 18.9 Å². The monoisotopic (exact) mass is 353 g/mol. The summed E-state index contributed by atoms with van der Waals surface area (Å²) in [6, 6.07) is 8.05. The maximum absolute atomic E-state index is 13.6. The number of nitrogens with zero attached hydrogens (tertiary/aromatic N) is 1. The Hall–Kier alpha value is -3.10. The molecule has 0 spiro atoms. The third-order valence-electron chi connectivity index (χ3n) is 2.99. The molecule has 0 unspecified atom stereocenters. The number of ether oxygens (including phenoxy) is 1. The van der Waals surface area contributed by atoms with Gasteiger partial charge >= 0.3 is 18.4 Å². The predicted molar refractivity (Wildman–Crippen MR) is 82.5 cm³/mol. The van der Waals surface area contributed by atoms with Crippen molar-refractivity contribution in [3.05, 3.63) is 53.6 Å². The first-order chi connectivity index (χ1) is 11.8. The number of carbonyl (C=O) groups excluding carboxylic acids is 2. The second kappa shape index (κ2) is 8.13. The topological polar surface area (TPSA) is 80.3 Å². The number of alkyl halides is 2. The first kappa shape index (κ1) is 18.2. The van der Waals surface area contributed by atoms with E-state index in [4.69, 9.17) is 0 Å². The maximum Gasteiger partial charge on any atom is 0.387 e. The molecule has 0 fully saturated rings. The average Bonchev–Trinajstić information content (AvgIpc) is 2.55. The van der Waals surface area contributed by atoms with E-state index >= 15 is 0 Å². The van der Waals surface area contributed by atoms with Gasteiger partial charge in [-0.1, -0.05) is 6.07 Å². The average molecular weight is 353 g/mol. The molecule has 132 valence electrons. The molecule has 1 aromatic heterocycles. The van der Waals surface area contributed by atoms with Crippen molar-refractivity contribution in [2.24, 2.45) is 0 Å². The summed E-state index contributed by atoms with van der Waals surface area (Å²) in [6.07, 6.45) is 0. The molecular weight excluding hydrogens is 339 g/mol. The number of hydrogen-bond donors (Lipinski definition) is 2. The molecule has 1 heterocycles. The molecule has 9 heteroatoms.